The maximum absolute atomic E-state index is 12.6. The average molecular weight is 325 g/mol. The molecule has 1 aromatic heterocycles. The number of aliphatic carboxylic acids is 1. The minimum absolute atomic E-state index is 0.0800. The van der Waals surface area contributed by atoms with Crippen LogP contribution in [-0.4, -0.2) is 38.2 Å². The maximum atomic E-state index is 12.6. The highest BCUT2D eigenvalue weighted by molar-refractivity contribution is 5.86. The van der Waals surface area contributed by atoms with E-state index in [4.69, 9.17) is 5.11 Å². The van der Waals surface area contributed by atoms with Crippen LogP contribution in [0.5, 0.6) is 0 Å². The number of amides is 1. The second-order valence-electron chi connectivity index (χ2n) is 7.30. The van der Waals surface area contributed by atoms with E-state index in [2.05, 4.69) is 15.3 Å². The van der Waals surface area contributed by atoms with Crippen LogP contribution in [0.2, 0.25) is 0 Å². The summed E-state index contributed by atoms with van der Waals surface area (Å²) in [7, 11) is 0. The number of aromatic nitrogens is 2. The first-order valence-corrected chi connectivity index (χ1v) is 7.74. The Morgan fingerprint density at radius 1 is 1.35 bits per heavy atom. The van der Waals surface area contributed by atoms with Crippen molar-refractivity contribution >= 4 is 11.9 Å². The summed E-state index contributed by atoms with van der Waals surface area (Å²) in [5.74, 6) is -2.20. The molecule has 0 aliphatic heterocycles. The number of nitrogens with one attached hydrogen (secondary N) is 2. The Morgan fingerprint density at radius 3 is 2.35 bits per heavy atom. The molecule has 0 unspecified atom stereocenters. The molecule has 0 saturated heterocycles. The van der Waals surface area contributed by atoms with Crippen LogP contribution in [0.4, 0.5) is 0 Å². The smallest absolute Gasteiger partial charge is 0.333 e. The second kappa shape index (κ2) is 7.59. The number of carbonyl (C=O) groups excluding carboxylic acids is 1. The topological polar surface area (TPSA) is 115 Å². The molecular formula is C16H27N3O4. The molecule has 0 saturated carbocycles. The zero-order valence-corrected chi connectivity index (χ0v) is 14.3. The van der Waals surface area contributed by atoms with Crippen LogP contribution in [0.3, 0.4) is 0 Å². The molecule has 1 aromatic rings. The number of imidazole rings is 1. The van der Waals surface area contributed by atoms with E-state index in [1.807, 2.05) is 34.6 Å². The van der Waals surface area contributed by atoms with E-state index in [-0.39, 0.29) is 17.8 Å². The van der Waals surface area contributed by atoms with E-state index in [0.717, 1.165) is 0 Å². The number of hydrogen-bond acceptors (Lipinski definition) is 4. The molecule has 4 N–H and O–H groups in total. The van der Waals surface area contributed by atoms with Gasteiger partial charge in [0.05, 0.1) is 12.0 Å². The molecule has 130 valence electrons. The summed E-state index contributed by atoms with van der Waals surface area (Å²) in [5, 5.41) is 21.8. The summed E-state index contributed by atoms with van der Waals surface area (Å²) in [6, 6.07) is -0.416. The fourth-order valence-corrected chi connectivity index (χ4v) is 2.44. The number of nitrogens with zero attached hydrogens (tertiary/aromatic N) is 1. The number of aliphatic hydroxyl groups is 1. The molecule has 1 amide bonds. The first-order chi connectivity index (χ1) is 10.5. The van der Waals surface area contributed by atoms with Crippen molar-refractivity contribution in [1.29, 1.82) is 0 Å². The number of aromatic amines is 1. The van der Waals surface area contributed by atoms with Gasteiger partial charge in [0, 0.05) is 12.4 Å². The number of rotatable bonds is 7. The van der Waals surface area contributed by atoms with Crippen molar-refractivity contribution in [2.75, 3.05) is 0 Å². The number of carbonyl (C=O) groups is 2. The lowest BCUT2D eigenvalue weighted by Gasteiger charge is -2.32. The van der Waals surface area contributed by atoms with Crippen molar-refractivity contribution in [1.82, 2.24) is 15.3 Å². The van der Waals surface area contributed by atoms with Crippen LogP contribution in [-0.2, 0) is 9.59 Å². The van der Waals surface area contributed by atoms with E-state index in [1.54, 1.807) is 12.4 Å². The number of hydrogen-bond donors (Lipinski definition) is 4. The quantitative estimate of drug-likeness (QED) is 0.609. The molecule has 0 aromatic carbocycles. The highest BCUT2D eigenvalue weighted by Gasteiger charge is 2.37. The van der Waals surface area contributed by atoms with Gasteiger partial charge in [-0.1, -0.05) is 34.6 Å². The molecule has 0 fully saturated rings. The normalized spacial score (nSPS) is 16.0. The fourth-order valence-electron chi connectivity index (χ4n) is 2.44. The van der Waals surface area contributed by atoms with Gasteiger partial charge in [0.1, 0.15) is 5.82 Å². The average Bonchev–Trinajstić information content (AvgIpc) is 2.93. The Bertz CT molecular complexity index is 520. The zero-order valence-electron chi connectivity index (χ0n) is 14.3. The van der Waals surface area contributed by atoms with E-state index in [1.165, 1.54) is 0 Å². The van der Waals surface area contributed by atoms with Gasteiger partial charge < -0.3 is 20.5 Å². The van der Waals surface area contributed by atoms with E-state index in [0.29, 0.717) is 5.82 Å². The van der Waals surface area contributed by atoms with Gasteiger partial charge in [-0.3, -0.25) is 4.79 Å². The Morgan fingerprint density at radius 2 is 1.96 bits per heavy atom. The van der Waals surface area contributed by atoms with Crippen molar-refractivity contribution in [3.63, 3.8) is 0 Å². The third-order valence-electron chi connectivity index (χ3n) is 3.64. The molecule has 7 nitrogen and oxygen atoms in total. The molecule has 7 heteroatoms. The van der Waals surface area contributed by atoms with Crippen LogP contribution in [0.15, 0.2) is 12.4 Å². The first-order valence-electron chi connectivity index (χ1n) is 7.74. The molecule has 0 aliphatic rings. The molecule has 3 atom stereocenters. The van der Waals surface area contributed by atoms with Crippen LogP contribution in [0, 0.1) is 17.3 Å². The van der Waals surface area contributed by atoms with Crippen molar-refractivity contribution < 1.29 is 19.8 Å². The second-order valence-corrected chi connectivity index (χ2v) is 7.30. The monoisotopic (exact) mass is 325 g/mol. The molecule has 23 heavy (non-hydrogen) atoms. The lowest BCUT2D eigenvalue weighted by molar-refractivity contribution is -0.154. The van der Waals surface area contributed by atoms with Gasteiger partial charge in [0.25, 0.3) is 0 Å². The predicted molar refractivity (Wildman–Crippen MR) is 85.5 cm³/mol. The number of carboxylic acid groups (broad SMARTS) is 1. The van der Waals surface area contributed by atoms with E-state index in [9.17, 15) is 14.7 Å². The molecular weight excluding hydrogens is 298 g/mol. The Hall–Kier alpha value is -1.89. The number of carboxylic acids is 1. The van der Waals surface area contributed by atoms with Gasteiger partial charge in [-0.15, -0.1) is 0 Å². The molecule has 1 heterocycles. The number of aliphatic hydroxyl groups excluding tert-OH is 1. The third kappa shape index (κ3) is 5.35. The fraction of sp³-hybridized carbons (Fsp3) is 0.688. The summed E-state index contributed by atoms with van der Waals surface area (Å²) in [6.45, 7) is 9.61. The first kappa shape index (κ1) is 19.2. The maximum Gasteiger partial charge on any atom is 0.333 e. The molecule has 0 spiro atoms. The molecule has 1 rings (SSSR count). The molecule has 0 radical (unpaired) electrons. The Balaban J connectivity index is 3.00. The van der Waals surface area contributed by atoms with Crippen molar-refractivity contribution in [3.8, 4) is 0 Å². The number of H-pyrrole nitrogens is 1. The lowest BCUT2D eigenvalue weighted by Crippen LogP contribution is -2.46. The molecule has 0 aliphatic carbocycles. The zero-order chi connectivity index (χ0) is 17.8. The van der Waals surface area contributed by atoms with Gasteiger partial charge in [-0.2, -0.15) is 0 Å². The van der Waals surface area contributed by atoms with Crippen LogP contribution in [0.25, 0.3) is 0 Å². The Labute approximate surface area is 136 Å². The summed E-state index contributed by atoms with van der Waals surface area (Å²) >= 11 is 0. The minimum Gasteiger partial charge on any atom is -0.479 e. The van der Waals surface area contributed by atoms with Crippen molar-refractivity contribution in [2.45, 2.75) is 53.2 Å². The standard InChI is InChI=1S/C16H27N3O4/c1-9(2)8-10(11(20)15(22)23)14(21)19-12(16(3,4)5)13-17-6-7-18-13/h6-7,9-12,20H,8H2,1-5H3,(H,17,18)(H,19,21)(H,22,23)/t10-,11+,12-/m1/s1. The van der Waals surface area contributed by atoms with Crippen molar-refractivity contribution in [2.24, 2.45) is 17.3 Å². The van der Waals surface area contributed by atoms with Gasteiger partial charge in [-0.25, -0.2) is 9.78 Å². The van der Waals surface area contributed by atoms with Crippen LogP contribution >= 0.6 is 0 Å². The van der Waals surface area contributed by atoms with Crippen LogP contribution < -0.4 is 5.32 Å². The highest BCUT2D eigenvalue weighted by Crippen LogP contribution is 2.31. The molecule has 0 bridgehead atoms. The van der Waals surface area contributed by atoms with Gasteiger partial charge in [0.15, 0.2) is 6.10 Å². The Kier molecular flexibility index (Phi) is 6.32. The van der Waals surface area contributed by atoms with Crippen molar-refractivity contribution in [3.05, 3.63) is 18.2 Å². The van der Waals surface area contributed by atoms with Gasteiger partial charge in [0.2, 0.25) is 5.91 Å². The SMILES string of the molecule is CC(C)C[C@@H](C(=O)N[C@H](c1ncc[nH]1)C(C)(C)C)[C@H](O)C(=O)O. The predicted octanol–water partition coefficient (Wildman–Crippen LogP) is 1.72. The lowest BCUT2D eigenvalue weighted by atomic mass is 9.84. The van der Waals surface area contributed by atoms with E-state index < -0.39 is 29.9 Å². The van der Waals surface area contributed by atoms with Crippen LogP contribution in [0.1, 0.15) is 52.9 Å². The van der Waals surface area contributed by atoms with E-state index >= 15 is 0 Å². The largest absolute Gasteiger partial charge is 0.479 e. The minimum atomic E-state index is -1.73. The summed E-state index contributed by atoms with van der Waals surface area (Å²) in [4.78, 5) is 30.9. The third-order valence-corrected chi connectivity index (χ3v) is 3.64. The highest BCUT2D eigenvalue weighted by atomic mass is 16.4. The van der Waals surface area contributed by atoms with Gasteiger partial charge >= 0.3 is 5.97 Å². The summed E-state index contributed by atoms with van der Waals surface area (Å²) in [5.41, 5.74) is -0.329. The summed E-state index contributed by atoms with van der Waals surface area (Å²) < 4.78 is 0. The van der Waals surface area contributed by atoms with Gasteiger partial charge in [-0.05, 0) is 17.8 Å². The summed E-state index contributed by atoms with van der Waals surface area (Å²) in [6.07, 6.45) is 1.82.